The van der Waals surface area contributed by atoms with Gasteiger partial charge >= 0.3 is 0 Å². The van der Waals surface area contributed by atoms with Gasteiger partial charge in [0, 0.05) is 31.9 Å². The molecule has 10 heteroatoms. The minimum Gasteiger partial charge on any atom is -0.339 e. The third-order valence-corrected chi connectivity index (χ3v) is 7.87. The molecule has 0 bridgehead atoms. The van der Waals surface area contributed by atoms with E-state index >= 15 is 0 Å². The zero-order valence-corrected chi connectivity index (χ0v) is 18.3. The molecule has 0 aliphatic carbocycles. The van der Waals surface area contributed by atoms with Crippen molar-refractivity contribution in [2.45, 2.75) is 10.6 Å². The molecule has 1 heterocycles. The summed E-state index contributed by atoms with van der Waals surface area (Å²) in [5, 5.41) is 8.56. The van der Waals surface area contributed by atoms with Gasteiger partial charge in [-0.05, 0) is 35.9 Å². The van der Waals surface area contributed by atoms with Gasteiger partial charge in [0.25, 0.3) is 0 Å². The van der Waals surface area contributed by atoms with Crippen LogP contribution in [0.1, 0.15) is 11.1 Å². The van der Waals surface area contributed by atoms with Crippen molar-refractivity contribution in [1.82, 2.24) is 9.21 Å². The lowest BCUT2D eigenvalue weighted by Crippen LogP contribution is -2.51. The van der Waals surface area contributed by atoms with Crippen LogP contribution in [0.4, 0.5) is 4.39 Å². The molecular formula is C20H19ClFN3O3S2. The van der Waals surface area contributed by atoms with Crippen LogP contribution in [0.25, 0.3) is 0 Å². The average molecular weight is 468 g/mol. The van der Waals surface area contributed by atoms with E-state index in [1.54, 1.807) is 17.0 Å². The smallest absolute Gasteiger partial charge is 0.243 e. The van der Waals surface area contributed by atoms with Crippen molar-refractivity contribution in [3.8, 4) is 6.07 Å². The fraction of sp³-hybridized carbons (Fsp3) is 0.300. The van der Waals surface area contributed by atoms with E-state index in [-0.39, 0.29) is 28.9 Å². The van der Waals surface area contributed by atoms with Crippen molar-refractivity contribution in [2.75, 3.05) is 31.9 Å². The summed E-state index contributed by atoms with van der Waals surface area (Å²) in [4.78, 5) is 14.0. The Hall–Kier alpha value is -2.12. The number of thioether (sulfide) groups is 1. The van der Waals surface area contributed by atoms with E-state index in [1.807, 2.05) is 12.1 Å². The van der Waals surface area contributed by atoms with Crippen LogP contribution >= 0.6 is 23.4 Å². The largest absolute Gasteiger partial charge is 0.339 e. The van der Waals surface area contributed by atoms with Crippen LogP contribution in [-0.4, -0.2) is 55.5 Å². The van der Waals surface area contributed by atoms with Crippen molar-refractivity contribution in [3.05, 3.63) is 64.4 Å². The Kier molecular flexibility index (Phi) is 7.36. The first-order valence-corrected chi connectivity index (χ1v) is 12.1. The number of amides is 1. The summed E-state index contributed by atoms with van der Waals surface area (Å²) in [6.07, 6.45) is 0. The van der Waals surface area contributed by atoms with E-state index in [0.717, 1.165) is 17.7 Å². The van der Waals surface area contributed by atoms with Gasteiger partial charge in [0.2, 0.25) is 15.9 Å². The monoisotopic (exact) mass is 467 g/mol. The fourth-order valence-electron chi connectivity index (χ4n) is 2.99. The molecule has 0 saturated carbocycles. The van der Waals surface area contributed by atoms with Gasteiger partial charge in [-0.2, -0.15) is 9.57 Å². The van der Waals surface area contributed by atoms with Crippen LogP contribution < -0.4 is 0 Å². The molecule has 1 aliphatic heterocycles. The number of nitrogens with zero attached hydrogens (tertiary/aromatic N) is 3. The molecule has 30 heavy (non-hydrogen) atoms. The van der Waals surface area contributed by atoms with Gasteiger partial charge in [-0.15, -0.1) is 11.8 Å². The van der Waals surface area contributed by atoms with E-state index in [2.05, 4.69) is 6.07 Å². The number of hydrogen-bond acceptors (Lipinski definition) is 5. The van der Waals surface area contributed by atoms with Gasteiger partial charge in [0.05, 0.1) is 27.3 Å². The molecule has 2 aromatic carbocycles. The van der Waals surface area contributed by atoms with E-state index in [9.17, 15) is 17.6 Å². The van der Waals surface area contributed by atoms with Crippen LogP contribution in [0.2, 0.25) is 5.02 Å². The minimum absolute atomic E-state index is 0.0458. The lowest BCUT2D eigenvalue weighted by atomic mass is 10.2. The first kappa shape index (κ1) is 22.6. The molecule has 0 unspecified atom stereocenters. The molecule has 1 fully saturated rings. The number of halogens is 2. The number of carbonyl (C=O) groups excluding carboxylic acids is 1. The predicted molar refractivity (Wildman–Crippen MR) is 114 cm³/mol. The van der Waals surface area contributed by atoms with Crippen molar-refractivity contribution >= 4 is 39.3 Å². The topological polar surface area (TPSA) is 81.5 Å². The highest BCUT2D eigenvalue weighted by Gasteiger charge is 2.30. The summed E-state index contributed by atoms with van der Waals surface area (Å²) in [6.45, 7) is 0.932. The third-order valence-electron chi connectivity index (χ3n) is 4.70. The SMILES string of the molecule is N#Cc1ccc(CSCC(=O)N2CCN(S(=O)(=O)c3ccc(F)c(Cl)c3)CC2)cc1. The number of rotatable bonds is 6. The molecule has 1 saturated heterocycles. The Morgan fingerprint density at radius 3 is 2.40 bits per heavy atom. The number of nitriles is 1. The molecule has 0 aromatic heterocycles. The highest BCUT2D eigenvalue weighted by atomic mass is 35.5. The molecule has 0 spiro atoms. The molecule has 158 valence electrons. The first-order valence-electron chi connectivity index (χ1n) is 9.11. The standard InChI is InChI=1S/C20H19ClFN3O3S2/c21-18-11-17(5-6-19(18)22)30(27,28)25-9-7-24(8-10-25)20(26)14-29-13-16-3-1-15(12-23)2-4-16/h1-6,11H,7-10,13-14H2. The molecule has 0 atom stereocenters. The maximum atomic E-state index is 13.3. The Labute approximate surface area is 184 Å². The lowest BCUT2D eigenvalue weighted by Gasteiger charge is -2.34. The summed E-state index contributed by atoms with van der Waals surface area (Å²) in [6, 6.07) is 12.6. The number of piperazine rings is 1. The molecule has 1 amide bonds. The van der Waals surface area contributed by atoms with E-state index in [1.165, 1.54) is 22.1 Å². The number of benzene rings is 2. The van der Waals surface area contributed by atoms with Gasteiger partial charge in [0.1, 0.15) is 5.82 Å². The van der Waals surface area contributed by atoms with Crippen molar-refractivity contribution < 1.29 is 17.6 Å². The summed E-state index contributed by atoms with van der Waals surface area (Å²) in [5.74, 6) is 0.220. The first-order chi connectivity index (χ1) is 14.3. The molecule has 2 aromatic rings. The minimum atomic E-state index is -3.79. The maximum Gasteiger partial charge on any atom is 0.243 e. The van der Waals surface area contributed by atoms with Crippen molar-refractivity contribution in [2.24, 2.45) is 0 Å². The summed E-state index contributed by atoms with van der Waals surface area (Å²) in [5.41, 5.74) is 1.62. The van der Waals surface area contributed by atoms with E-state index in [4.69, 9.17) is 16.9 Å². The zero-order valence-electron chi connectivity index (χ0n) is 15.9. The Balaban J connectivity index is 1.50. The molecular weight excluding hydrogens is 449 g/mol. The Morgan fingerprint density at radius 1 is 1.13 bits per heavy atom. The Morgan fingerprint density at radius 2 is 1.80 bits per heavy atom. The number of hydrogen-bond donors (Lipinski definition) is 0. The second-order valence-corrected chi connectivity index (χ2v) is 9.99. The molecule has 6 nitrogen and oxygen atoms in total. The second kappa shape index (κ2) is 9.79. The fourth-order valence-corrected chi connectivity index (χ4v) is 5.57. The summed E-state index contributed by atoms with van der Waals surface area (Å²) < 4.78 is 40.0. The number of carbonyl (C=O) groups is 1. The van der Waals surface area contributed by atoms with Crippen LogP contribution in [0.5, 0.6) is 0 Å². The number of sulfonamides is 1. The van der Waals surface area contributed by atoms with Crippen LogP contribution in [0.3, 0.4) is 0 Å². The van der Waals surface area contributed by atoms with Crippen LogP contribution in [0, 0.1) is 17.1 Å². The maximum absolute atomic E-state index is 13.3. The summed E-state index contributed by atoms with van der Waals surface area (Å²) >= 11 is 7.18. The van der Waals surface area contributed by atoms with Crippen molar-refractivity contribution in [3.63, 3.8) is 0 Å². The normalized spacial score (nSPS) is 15.0. The molecule has 0 radical (unpaired) electrons. The quantitative estimate of drug-likeness (QED) is 0.652. The Bertz CT molecular complexity index is 1060. The lowest BCUT2D eigenvalue weighted by molar-refractivity contribution is -0.129. The van der Waals surface area contributed by atoms with E-state index in [0.29, 0.717) is 30.2 Å². The van der Waals surface area contributed by atoms with Gasteiger partial charge < -0.3 is 4.90 Å². The average Bonchev–Trinajstić information content (AvgIpc) is 2.76. The van der Waals surface area contributed by atoms with Crippen LogP contribution in [-0.2, 0) is 20.6 Å². The third kappa shape index (κ3) is 5.32. The summed E-state index contributed by atoms with van der Waals surface area (Å²) in [7, 11) is -3.79. The highest BCUT2D eigenvalue weighted by Crippen LogP contribution is 2.23. The highest BCUT2D eigenvalue weighted by molar-refractivity contribution is 7.99. The molecule has 0 N–H and O–H groups in total. The van der Waals surface area contributed by atoms with Gasteiger partial charge in [-0.3, -0.25) is 4.79 Å². The van der Waals surface area contributed by atoms with E-state index < -0.39 is 15.8 Å². The van der Waals surface area contributed by atoms with Crippen LogP contribution in [0.15, 0.2) is 47.4 Å². The second-order valence-electron chi connectivity index (χ2n) is 6.66. The zero-order chi connectivity index (χ0) is 21.7. The van der Waals surface area contributed by atoms with Crippen molar-refractivity contribution in [1.29, 1.82) is 5.26 Å². The van der Waals surface area contributed by atoms with Gasteiger partial charge in [-0.25, -0.2) is 12.8 Å². The van der Waals surface area contributed by atoms with Gasteiger partial charge in [0.15, 0.2) is 0 Å². The molecule has 3 rings (SSSR count). The predicted octanol–water partition coefficient (Wildman–Crippen LogP) is 3.12. The van der Waals surface area contributed by atoms with Gasteiger partial charge in [-0.1, -0.05) is 23.7 Å². The molecule has 1 aliphatic rings.